The number of piperidine rings is 1. The largest absolute Gasteiger partial charge is 0.465 e. The van der Waals surface area contributed by atoms with Gasteiger partial charge in [-0.1, -0.05) is 42.5 Å². The van der Waals surface area contributed by atoms with Crippen molar-refractivity contribution in [1.82, 2.24) is 9.21 Å². The van der Waals surface area contributed by atoms with Gasteiger partial charge in [0.1, 0.15) is 6.54 Å². The second-order valence-corrected chi connectivity index (χ2v) is 9.41. The standard InChI is InChI=1S/C23H25N3O5S/c1-31-23(28)20-9-5-6-10-21(20)32(29,30)26-14-11-19(12-15-26)22(27)25(16-13-24)17-18-7-3-2-4-8-18/h2-10,19H,11-12,14-17H2,1H3. The molecule has 0 bridgehead atoms. The number of nitrogens with zero attached hydrogens (tertiary/aromatic N) is 3. The van der Waals surface area contributed by atoms with Gasteiger partial charge in [-0.3, -0.25) is 4.79 Å². The van der Waals surface area contributed by atoms with E-state index in [4.69, 9.17) is 10.00 Å². The topological polar surface area (TPSA) is 108 Å². The smallest absolute Gasteiger partial charge is 0.339 e. The molecular formula is C23H25N3O5S. The fraction of sp³-hybridized carbons (Fsp3) is 0.348. The molecule has 0 aliphatic carbocycles. The van der Waals surface area contributed by atoms with E-state index >= 15 is 0 Å². The van der Waals surface area contributed by atoms with Crippen molar-refractivity contribution >= 4 is 21.9 Å². The highest BCUT2D eigenvalue weighted by atomic mass is 32.2. The van der Waals surface area contributed by atoms with Crippen LogP contribution in [0.15, 0.2) is 59.5 Å². The summed E-state index contributed by atoms with van der Waals surface area (Å²) in [6.07, 6.45) is 0.685. The number of benzene rings is 2. The number of esters is 1. The number of carbonyl (C=O) groups excluding carboxylic acids is 2. The van der Waals surface area contributed by atoms with Crippen molar-refractivity contribution in [2.24, 2.45) is 5.92 Å². The molecule has 1 fully saturated rings. The molecule has 0 atom stereocenters. The molecule has 32 heavy (non-hydrogen) atoms. The van der Waals surface area contributed by atoms with E-state index in [0.717, 1.165) is 5.56 Å². The lowest BCUT2D eigenvalue weighted by atomic mass is 9.96. The van der Waals surface area contributed by atoms with Crippen LogP contribution < -0.4 is 0 Å². The van der Waals surface area contributed by atoms with Gasteiger partial charge in [0.05, 0.1) is 23.6 Å². The molecule has 0 spiro atoms. The minimum absolute atomic E-state index is 0.0174. The predicted molar refractivity (Wildman–Crippen MR) is 117 cm³/mol. The summed E-state index contributed by atoms with van der Waals surface area (Å²) in [5.74, 6) is -1.24. The fourth-order valence-electron chi connectivity index (χ4n) is 3.81. The maximum absolute atomic E-state index is 13.2. The summed E-state index contributed by atoms with van der Waals surface area (Å²) >= 11 is 0. The van der Waals surface area contributed by atoms with Crippen LogP contribution in [0.5, 0.6) is 0 Å². The molecule has 168 valence electrons. The van der Waals surface area contributed by atoms with Crippen molar-refractivity contribution in [3.05, 3.63) is 65.7 Å². The molecule has 0 aromatic heterocycles. The van der Waals surface area contributed by atoms with Crippen molar-refractivity contribution < 1.29 is 22.7 Å². The van der Waals surface area contributed by atoms with E-state index in [-0.39, 0.29) is 41.9 Å². The molecule has 2 aromatic rings. The highest BCUT2D eigenvalue weighted by Gasteiger charge is 2.35. The zero-order valence-corrected chi connectivity index (χ0v) is 18.6. The Bertz CT molecular complexity index is 1100. The van der Waals surface area contributed by atoms with Crippen LogP contribution in [0.25, 0.3) is 0 Å². The summed E-state index contributed by atoms with van der Waals surface area (Å²) in [4.78, 5) is 26.5. The number of ether oxygens (including phenoxy) is 1. The van der Waals surface area contributed by atoms with E-state index in [1.165, 1.54) is 28.4 Å². The van der Waals surface area contributed by atoms with Crippen molar-refractivity contribution in [3.63, 3.8) is 0 Å². The van der Waals surface area contributed by atoms with E-state index in [1.807, 2.05) is 36.4 Å². The van der Waals surface area contributed by atoms with Crippen LogP contribution in [0.1, 0.15) is 28.8 Å². The van der Waals surface area contributed by atoms with Gasteiger partial charge in [0.2, 0.25) is 15.9 Å². The number of nitriles is 1. The first-order valence-electron chi connectivity index (χ1n) is 10.3. The molecule has 0 unspecified atom stereocenters. The Hall–Kier alpha value is -3.22. The summed E-state index contributed by atoms with van der Waals surface area (Å²) in [6.45, 7) is 0.608. The van der Waals surface area contributed by atoms with Gasteiger partial charge in [0.25, 0.3) is 0 Å². The monoisotopic (exact) mass is 455 g/mol. The lowest BCUT2D eigenvalue weighted by Gasteiger charge is -2.33. The Balaban J connectivity index is 1.71. The fourth-order valence-corrected chi connectivity index (χ4v) is 5.46. The Morgan fingerprint density at radius 1 is 1.09 bits per heavy atom. The second-order valence-electron chi connectivity index (χ2n) is 7.50. The number of sulfonamides is 1. The SMILES string of the molecule is COC(=O)c1ccccc1S(=O)(=O)N1CCC(C(=O)N(CC#N)Cc2ccccc2)CC1. The van der Waals surface area contributed by atoms with Crippen LogP contribution >= 0.6 is 0 Å². The maximum Gasteiger partial charge on any atom is 0.339 e. The van der Waals surface area contributed by atoms with Crippen molar-refractivity contribution in [2.75, 3.05) is 26.7 Å². The summed E-state index contributed by atoms with van der Waals surface area (Å²) in [5.41, 5.74) is 0.909. The van der Waals surface area contributed by atoms with Crippen molar-refractivity contribution in [1.29, 1.82) is 5.26 Å². The number of methoxy groups -OCH3 is 1. The van der Waals surface area contributed by atoms with Crippen LogP contribution in [0.4, 0.5) is 0 Å². The maximum atomic E-state index is 13.2. The minimum atomic E-state index is -3.92. The van der Waals surface area contributed by atoms with Gasteiger partial charge in [-0.15, -0.1) is 0 Å². The molecule has 3 rings (SSSR count). The first kappa shape index (κ1) is 23.4. The third kappa shape index (κ3) is 5.15. The lowest BCUT2D eigenvalue weighted by Crippen LogP contribution is -2.44. The number of hydrogen-bond acceptors (Lipinski definition) is 6. The van der Waals surface area contributed by atoms with E-state index in [2.05, 4.69) is 0 Å². The highest BCUT2D eigenvalue weighted by molar-refractivity contribution is 7.89. The van der Waals surface area contributed by atoms with E-state index in [0.29, 0.717) is 19.4 Å². The third-order valence-electron chi connectivity index (χ3n) is 5.50. The first-order valence-corrected chi connectivity index (χ1v) is 11.7. The van der Waals surface area contributed by atoms with Crippen LogP contribution in [-0.2, 0) is 26.1 Å². The van der Waals surface area contributed by atoms with Crippen molar-refractivity contribution in [2.45, 2.75) is 24.3 Å². The Labute approximate surface area is 188 Å². The van der Waals surface area contributed by atoms with Gasteiger partial charge in [-0.2, -0.15) is 9.57 Å². The van der Waals surface area contributed by atoms with Gasteiger partial charge < -0.3 is 9.64 Å². The van der Waals surface area contributed by atoms with E-state index in [1.54, 1.807) is 12.1 Å². The molecule has 2 aromatic carbocycles. The van der Waals surface area contributed by atoms with Gasteiger partial charge in [0.15, 0.2) is 0 Å². The molecule has 0 saturated carbocycles. The zero-order valence-electron chi connectivity index (χ0n) is 17.8. The van der Waals surface area contributed by atoms with Gasteiger partial charge >= 0.3 is 5.97 Å². The molecule has 1 heterocycles. The summed E-state index contributed by atoms with van der Waals surface area (Å²) in [6, 6.07) is 17.4. The van der Waals surface area contributed by atoms with Gasteiger partial charge in [-0.05, 0) is 30.5 Å². The number of hydrogen-bond donors (Lipinski definition) is 0. The third-order valence-corrected chi connectivity index (χ3v) is 7.46. The van der Waals surface area contributed by atoms with Gasteiger partial charge in [-0.25, -0.2) is 13.2 Å². The molecule has 1 amide bonds. The second kappa shape index (κ2) is 10.4. The van der Waals surface area contributed by atoms with Crippen LogP contribution in [0.2, 0.25) is 0 Å². The molecule has 1 aliphatic heterocycles. The van der Waals surface area contributed by atoms with Crippen LogP contribution in [-0.4, -0.2) is 56.2 Å². The molecular weight excluding hydrogens is 430 g/mol. The summed E-state index contributed by atoms with van der Waals surface area (Å²) in [7, 11) is -2.72. The number of rotatable bonds is 7. The summed E-state index contributed by atoms with van der Waals surface area (Å²) in [5, 5.41) is 9.16. The normalized spacial score (nSPS) is 15.0. The molecule has 0 radical (unpaired) electrons. The number of carbonyl (C=O) groups is 2. The summed E-state index contributed by atoms with van der Waals surface area (Å²) < 4.78 is 32.3. The van der Waals surface area contributed by atoms with Crippen LogP contribution in [0.3, 0.4) is 0 Å². The van der Waals surface area contributed by atoms with E-state index < -0.39 is 16.0 Å². The predicted octanol–water partition coefficient (Wildman–Crippen LogP) is 2.43. The zero-order chi connectivity index (χ0) is 23.1. The molecule has 0 N–H and O–H groups in total. The Morgan fingerprint density at radius 3 is 2.34 bits per heavy atom. The Kier molecular flexibility index (Phi) is 7.62. The average molecular weight is 456 g/mol. The molecule has 1 saturated heterocycles. The van der Waals surface area contributed by atoms with E-state index in [9.17, 15) is 18.0 Å². The molecule has 8 nitrogen and oxygen atoms in total. The minimum Gasteiger partial charge on any atom is -0.465 e. The molecule has 9 heteroatoms. The quantitative estimate of drug-likeness (QED) is 0.469. The number of amides is 1. The lowest BCUT2D eigenvalue weighted by molar-refractivity contribution is -0.136. The average Bonchev–Trinajstić information content (AvgIpc) is 2.83. The van der Waals surface area contributed by atoms with Crippen molar-refractivity contribution in [3.8, 4) is 6.07 Å². The van der Waals surface area contributed by atoms with Gasteiger partial charge in [0, 0.05) is 25.6 Å². The van der Waals surface area contributed by atoms with Crippen LogP contribution in [0, 0.1) is 17.2 Å². The highest BCUT2D eigenvalue weighted by Crippen LogP contribution is 2.27. The first-order chi connectivity index (χ1) is 15.4. The molecule has 1 aliphatic rings. The Morgan fingerprint density at radius 2 is 1.72 bits per heavy atom.